The third-order valence-corrected chi connectivity index (χ3v) is 12.1. The fraction of sp³-hybridized carbons (Fsp3) is 0.333. The van der Waals surface area contributed by atoms with Gasteiger partial charge in [0.05, 0.1) is 35.8 Å². The molecule has 4 aromatic rings. The lowest BCUT2D eigenvalue weighted by molar-refractivity contribution is -0.136. The van der Waals surface area contributed by atoms with Crippen LogP contribution in [0.4, 0.5) is 28.8 Å². The number of para-hydroxylation sites is 1. The number of carbonyl (C=O) groups is 4. The van der Waals surface area contributed by atoms with E-state index in [1.54, 1.807) is 32.6 Å². The van der Waals surface area contributed by atoms with Crippen LogP contribution in [0.25, 0.3) is 0 Å². The van der Waals surface area contributed by atoms with Crippen LogP contribution in [0.3, 0.4) is 0 Å². The zero-order chi connectivity index (χ0) is 39.0. The Morgan fingerprint density at radius 3 is 2.42 bits per heavy atom. The molecule has 3 aromatic carbocycles. The van der Waals surface area contributed by atoms with Crippen molar-refractivity contribution in [2.45, 2.75) is 44.3 Å². The van der Waals surface area contributed by atoms with Gasteiger partial charge in [-0.15, -0.1) is 0 Å². The lowest BCUT2D eigenvalue weighted by Crippen LogP contribution is -2.54. The van der Waals surface area contributed by atoms with Crippen molar-refractivity contribution in [2.24, 2.45) is 0 Å². The van der Waals surface area contributed by atoms with Gasteiger partial charge in [0, 0.05) is 49.2 Å². The van der Waals surface area contributed by atoms with E-state index in [-0.39, 0.29) is 24.0 Å². The average molecular weight is 785 g/mol. The lowest BCUT2D eigenvalue weighted by atomic mass is 10.0. The first-order valence-corrected chi connectivity index (χ1v) is 21.0. The Hall–Kier alpha value is -5.30. The molecule has 4 amide bonds. The van der Waals surface area contributed by atoms with Gasteiger partial charge in [-0.1, -0.05) is 29.8 Å². The van der Waals surface area contributed by atoms with Crippen LogP contribution in [0.15, 0.2) is 66.9 Å². The molecule has 7 rings (SSSR count). The highest BCUT2D eigenvalue weighted by atomic mass is 35.5. The number of amides is 4. The molecule has 0 spiro atoms. The highest BCUT2D eigenvalue weighted by Crippen LogP contribution is 2.39. The van der Waals surface area contributed by atoms with Crippen molar-refractivity contribution in [1.29, 1.82) is 0 Å². The standard InChI is InChI=1S/C39H42ClN8O6P/c1-46(22-23-9-11-26-27(19-23)38(52)48(37(26)51)31-13-14-34(49)44-36(31)50)24-15-17-47(18-16-24)25-10-12-29(32(20-25)54-2)43-39-41-21-28(40)35(45-39)42-30-7-5-6-8-33(30)55(3,4)53/h5-12,19-21,24,31H,13-18,22H2,1-4H3,(H,44,49,50)(H2,41,42,43,45). The number of hydrogen-bond acceptors (Lipinski definition) is 12. The molecule has 286 valence electrons. The Morgan fingerprint density at radius 2 is 1.69 bits per heavy atom. The van der Waals surface area contributed by atoms with Crippen LogP contribution in [0.2, 0.25) is 5.02 Å². The summed E-state index contributed by atoms with van der Waals surface area (Å²) in [7, 11) is 1.11. The van der Waals surface area contributed by atoms with E-state index in [0.29, 0.717) is 51.8 Å². The Labute approximate surface area is 324 Å². The van der Waals surface area contributed by atoms with E-state index < -0.39 is 36.8 Å². The fourth-order valence-corrected chi connectivity index (χ4v) is 8.68. The predicted molar refractivity (Wildman–Crippen MR) is 212 cm³/mol. The van der Waals surface area contributed by atoms with E-state index in [4.69, 9.17) is 16.3 Å². The second-order valence-electron chi connectivity index (χ2n) is 14.4. The summed E-state index contributed by atoms with van der Waals surface area (Å²) in [6.07, 6.45) is 3.53. The Morgan fingerprint density at radius 1 is 0.945 bits per heavy atom. The molecule has 3 aliphatic rings. The Bertz CT molecular complexity index is 2240. The molecular formula is C39H42ClN8O6P. The third-order valence-electron chi connectivity index (χ3n) is 10.3. The highest BCUT2D eigenvalue weighted by Gasteiger charge is 2.44. The number of nitrogens with one attached hydrogen (secondary N) is 3. The molecule has 55 heavy (non-hydrogen) atoms. The molecule has 16 heteroatoms. The van der Waals surface area contributed by atoms with Gasteiger partial charge in [-0.05, 0) is 81.6 Å². The van der Waals surface area contributed by atoms with Gasteiger partial charge in [0.15, 0.2) is 5.82 Å². The van der Waals surface area contributed by atoms with Gasteiger partial charge in [0.2, 0.25) is 17.8 Å². The number of anilines is 5. The number of aromatic nitrogens is 2. The van der Waals surface area contributed by atoms with Gasteiger partial charge >= 0.3 is 0 Å². The van der Waals surface area contributed by atoms with Crippen LogP contribution in [0.1, 0.15) is 52.0 Å². The third kappa shape index (κ3) is 7.93. The van der Waals surface area contributed by atoms with E-state index in [9.17, 15) is 23.7 Å². The summed E-state index contributed by atoms with van der Waals surface area (Å²) in [5.41, 5.74) is 3.82. The SMILES string of the molecule is COc1cc(N2CCC(N(C)Cc3ccc4c(c3)C(=O)N(C3CCC(=O)NC3=O)C4=O)CC2)ccc1Nc1ncc(Cl)c(Nc2ccccc2P(C)(C)=O)n1. The van der Waals surface area contributed by atoms with E-state index in [1.165, 1.54) is 6.20 Å². The van der Waals surface area contributed by atoms with Crippen molar-refractivity contribution in [3.05, 3.63) is 88.6 Å². The molecule has 3 N–H and O–H groups in total. The molecule has 2 saturated heterocycles. The molecule has 0 bridgehead atoms. The Kier molecular flexibility index (Phi) is 10.7. The van der Waals surface area contributed by atoms with Crippen LogP contribution < -0.4 is 30.9 Å². The molecule has 1 unspecified atom stereocenters. The predicted octanol–water partition coefficient (Wildman–Crippen LogP) is 5.38. The molecular weight excluding hydrogens is 743 g/mol. The van der Waals surface area contributed by atoms with Gasteiger partial charge in [-0.25, -0.2) is 4.98 Å². The topological polar surface area (TPSA) is 166 Å². The van der Waals surface area contributed by atoms with E-state index >= 15 is 0 Å². The summed E-state index contributed by atoms with van der Waals surface area (Å²) in [5.74, 6) is -0.735. The maximum absolute atomic E-state index is 13.3. The number of ether oxygens (including phenoxy) is 1. The van der Waals surface area contributed by atoms with Crippen LogP contribution >= 0.6 is 18.7 Å². The molecule has 4 heterocycles. The van der Waals surface area contributed by atoms with Crippen molar-refractivity contribution in [3.8, 4) is 5.75 Å². The quantitative estimate of drug-likeness (QED) is 0.132. The van der Waals surface area contributed by atoms with E-state index in [1.807, 2.05) is 48.5 Å². The molecule has 3 aliphatic heterocycles. The molecule has 1 aromatic heterocycles. The summed E-state index contributed by atoms with van der Waals surface area (Å²) in [6.45, 7) is 5.66. The minimum atomic E-state index is -2.56. The number of halogens is 1. The van der Waals surface area contributed by atoms with Crippen molar-refractivity contribution in [2.75, 3.05) is 56.1 Å². The smallest absolute Gasteiger partial charge is 0.262 e. The van der Waals surface area contributed by atoms with Crippen LogP contribution in [-0.2, 0) is 20.7 Å². The number of carbonyl (C=O) groups excluding carboxylic acids is 4. The van der Waals surface area contributed by atoms with Crippen molar-refractivity contribution < 1.29 is 28.5 Å². The van der Waals surface area contributed by atoms with E-state index in [0.717, 1.165) is 42.1 Å². The number of imide groups is 2. The number of fused-ring (bicyclic) bond motifs is 1. The van der Waals surface area contributed by atoms with Gasteiger partial charge in [0.1, 0.15) is 24.0 Å². The normalized spacial score (nSPS) is 17.7. The minimum absolute atomic E-state index is 0.0791. The van der Waals surface area contributed by atoms with Gasteiger partial charge < -0.3 is 24.8 Å². The maximum Gasteiger partial charge on any atom is 0.262 e. The average Bonchev–Trinajstić information content (AvgIpc) is 3.41. The summed E-state index contributed by atoms with van der Waals surface area (Å²) in [5, 5.41) is 9.71. The molecule has 0 radical (unpaired) electrons. The molecule has 0 aliphatic carbocycles. The minimum Gasteiger partial charge on any atom is -0.494 e. The van der Waals surface area contributed by atoms with Gasteiger partial charge in [0.25, 0.3) is 11.8 Å². The van der Waals surface area contributed by atoms with Crippen molar-refractivity contribution in [1.82, 2.24) is 25.1 Å². The zero-order valence-corrected chi connectivity index (χ0v) is 32.6. The summed E-state index contributed by atoms with van der Waals surface area (Å²) in [6, 6.07) is 17.9. The monoisotopic (exact) mass is 784 g/mol. The van der Waals surface area contributed by atoms with Gasteiger partial charge in [-0.3, -0.25) is 34.3 Å². The van der Waals surface area contributed by atoms with Crippen molar-refractivity contribution in [3.63, 3.8) is 0 Å². The Balaban J connectivity index is 0.967. The number of methoxy groups -OCH3 is 1. The molecule has 2 fully saturated rings. The second-order valence-corrected chi connectivity index (χ2v) is 17.9. The summed E-state index contributed by atoms with van der Waals surface area (Å²) in [4.78, 5) is 65.0. The first kappa shape index (κ1) is 38.0. The number of benzene rings is 3. The highest BCUT2D eigenvalue weighted by molar-refractivity contribution is 7.70. The number of nitrogens with zero attached hydrogens (tertiary/aromatic N) is 5. The number of rotatable bonds is 11. The summed E-state index contributed by atoms with van der Waals surface area (Å²) >= 11 is 6.46. The molecule has 0 saturated carbocycles. The first-order chi connectivity index (χ1) is 26.3. The second kappa shape index (κ2) is 15.4. The van der Waals surface area contributed by atoms with Crippen LogP contribution in [0, 0.1) is 0 Å². The molecule has 1 atom stereocenters. The van der Waals surface area contributed by atoms with Crippen molar-refractivity contribution >= 4 is 76.5 Å². The zero-order valence-electron chi connectivity index (χ0n) is 31.0. The molecule has 14 nitrogen and oxygen atoms in total. The number of hydrogen-bond donors (Lipinski definition) is 3. The van der Waals surface area contributed by atoms with Gasteiger partial charge in [-0.2, -0.15) is 4.98 Å². The van der Waals surface area contributed by atoms with Crippen LogP contribution in [0.5, 0.6) is 5.75 Å². The fourth-order valence-electron chi connectivity index (χ4n) is 7.39. The largest absolute Gasteiger partial charge is 0.494 e. The van der Waals surface area contributed by atoms with E-state index in [2.05, 4.69) is 42.8 Å². The van der Waals surface area contributed by atoms with Crippen LogP contribution in [-0.4, -0.2) is 96.1 Å². The maximum atomic E-state index is 13.3. The lowest BCUT2D eigenvalue weighted by Gasteiger charge is -2.38. The number of piperidine rings is 2. The summed E-state index contributed by atoms with van der Waals surface area (Å²) < 4.78 is 18.7. The first-order valence-electron chi connectivity index (χ1n) is 18.0.